The predicted molar refractivity (Wildman–Crippen MR) is 115 cm³/mol. The van der Waals surface area contributed by atoms with Crippen LogP contribution in [0.15, 0.2) is 91.4 Å². The van der Waals surface area contributed by atoms with Crippen LogP contribution >= 0.6 is 0 Å². The largest absolute Gasteiger partial charge is 0.489 e. The fourth-order valence-corrected chi connectivity index (χ4v) is 3.00. The average molecular weight is 398 g/mol. The van der Waals surface area contributed by atoms with E-state index < -0.39 is 0 Å². The second-order valence-corrected chi connectivity index (χ2v) is 6.77. The van der Waals surface area contributed by atoms with Crippen LogP contribution in [0.2, 0.25) is 0 Å². The molecule has 0 spiro atoms. The van der Waals surface area contributed by atoms with E-state index in [0.29, 0.717) is 30.9 Å². The smallest absolute Gasteiger partial charge is 0.251 e. The molecule has 2 aromatic heterocycles. The summed E-state index contributed by atoms with van der Waals surface area (Å²) in [6, 6.07) is 22.9. The van der Waals surface area contributed by atoms with E-state index in [1.807, 2.05) is 71.5 Å². The Morgan fingerprint density at radius 3 is 2.73 bits per heavy atom. The number of pyridine rings is 1. The highest BCUT2D eigenvalue weighted by Crippen LogP contribution is 2.15. The molecule has 6 nitrogen and oxygen atoms in total. The van der Waals surface area contributed by atoms with E-state index in [9.17, 15) is 4.79 Å². The molecule has 0 saturated carbocycles. The molecule has 0 atom stereocenters. The highest BCUT2D eigenvalue weighted by molar-refractivity contribution is 5.94. The number of para-hydroxylation sites is 1. The van der Waals surface area contributed by atoms with Crippen LogP contribution in [0.1, 0.15) is 21.6 Å². The van der Waals surface area contributed by atoms with E-state index >= 15 is 0 Å². The van der Waals surface area contributed by atoms with E-state index in [2.05, 4.69) is 15.4 Å². The third-order valence-electron chi connectivity index (χ3n) is 4.56. The molecule has 4 rings (SSSR count). The highest BCUT2D eigenvalue weighted by Gasteiger charge is 2.08. The SMILES string of the molecule is O=C(NCCc1ccn(-c2ccccc2)n1)c1cccc(OCc2cccnc2)c1. The van der Waals surface area contributed by atoms with Gasteiger partial charge in [0, 0.05) is 42.7 Å². The minimum Gasteiger partial charge on any atom is -0.489 e. The number of nitrogens with zero attached hydrogens (tertiary/aromatic N) is 3. The van der Waals surface area contributed by atoms with Gasteiger partial charge >= 0.3 is 0 Å². The molecule has 0 bridgehead atoms. The van der Waals surface area contributed by atoms with Gasteiger partial charge in [0.25, 0.3) is 5.91 Å². The number of hydrogen-bond acceptors (Lipinski definition) is 4. The lowest BCUT2D eigenvalue weighted by Crippen LogP contribution is -2.25. The van der Waals surface area contributed by atoms with E-state index in [-0.39, 0.29) is 5.91 Å². The Hall–Kier alpha value is -3.93. The summed E-state index contributed by atoms with van der Waals surface area (Å²) in [6.45, 7) is 0.911. The lowest BCUT2D eigenvalue weighted by Gasteiger charge is -2.08. The number of ether oxygens (including phenoxy) is 1. The van der Waals surface area contributed by atoms with Crippen LogP contribution in [0.3, 0.4) is 0 Å². The van der Waals surface area contributed by atoms with Gasteiger partial charge in [0.05, 0.1) is 11.4 Å². The van der Waals surface area contributed by atoms with Gasteiger partial charge in [-0.25, -0.2) is 4.68 Å². The Labute approximate surface area is 175 Å². The Morgan fingerprint density at radius 1 is 1.00 bits per heavy atom. The number of benzene rings is 2. The first kappa shape index (κ1) is 19.4. The van der Waals surface area contributed by atoms with Crippen LogP contribution in [-0.4, -0.2) is 27.2 Å². The third-order valence-corrected chi connectivity index (χ3v) is 4.56. The Bertz CT molecular complexity index is 1090. The van der Waals surface area contributed by atoms with Gasteiger partial charge in [-0.1, -0.05) is 30.3 Å². The van der Waals surface area contributed by atoms with Crippen LogP contribution in [-0.2, 0) is 13.0 Å². The Morgan fingerprint density at radius 2 is 1.90 bits per heavy atom. The fraction of sp³-hybridized carbons (Fsp3) is 0.125. The van der Waals surface area contributed by atoms with Crippen molar-refractivity contribution in [3.63, 3.8) is 0 Å². The van der Waals surface area contributed by atoms with Crippen molar-refractivity contribution in [2.75, 3.05) is 6.54 Å². The van der Waals surface area contributed by atoms with Gasteiger partial charge in [0.2, 0.25) is 0 Å². The second-order valence-electron chi connectivity index (χ2n) is 6.77. The molecule has 1 amide bonds. The van der Waals surface area contributed by atoms with Crippen molar-refractivity contribution in [2.24, 2.45) is 0 Å². The van der Waals surface area contributed by atoms with Gasteiger partial charge in [-0.05, 0) is 42.5 Å². The quantitative estimate of drug-likeness (QED) is 0.490. The van der Waals surface area contributed by atoms with Crippen molar-refractivity contribution in [2.45, 2.75) is 13.0 Å². The van der Waals surface area contributed by atoms with Crippen LogP contribution in [0.4, 0.5) is 0 Å². The normalized spacial score (nSPS) is 10.5. The number of rotatable bonds is 8. The highest BCUT2D eigenvalue weighted by atomic mass is 16.5. The molecule has 0 radical (unpaired) electrons. The molecule has 2 heterocycles. The molecular formula is C24H22N4O2. The molecule has 6 heteroatoms. The summed E-state index contributed by atoms with van der Waals surface area (Å²) in [7, 11) is 0. The molecule has 0 unspecified atom stereocenters. The van der Waals surface area contributed by atoms with Crippen LogP contribution < -0.4 is 10.1 Å². The Balaban J connectivity index is 1.28. The standard InChI is InChI=1S/C24H22N4O2/c29-24(20-7-4-10-23(16-20)30-18-19-6-5-13-25-17-19)26-14-11-21-12-15-28(27-21)22-8-2-1-3-9-22/h1-10,12-13,15-17H,11,14,18H2,(H,26,29). The van der Waals surface area contributed by atoms with E-state index in [1.165, 1.54) is 0 Å². The van der Waals surface area contributed by atoms with E-state index in [4.69, 9.17) is 4.74 Å². The van der Waals surface area contributed by atoms with Gasteiger partial charge < -0.3 is 10.1 Å². The van der Waals surface area contributed by atoms with Gasteiger partial charge in [-0.15, -0.1) is 0 Å². The van der Waals surface area contributed by atoms with Gasteiger partial charge in [-0.2, -0.15) is 5.10 Å². The number of carbonyl (C=O) groups excluding carboxylic acids is 1. The lowest BCUT2D eigenvalue weighted by atomic mass is 10.2. The van der Waals surface area contributed by atoms with Crippen molar-refractivity contribution >= 4 is 5.91 Å². The predicted octanol–water partition coefficient (Wildman–Crippen LogP) is 3.82. The molecular weight excluding hydrogens is 376 g/mol. The maximum absolute atomic E-state index is 12.5. The Kier molecular flexibility index (Phi) is 6.15. The topological polar surface area (TPSA) is 69.0 Å². The van der Waals surface area contributed by atoms with Gasteiger partial charge in [-0.3, -0.25) is 9.78 Å². The molecule has 0 saturated heterocycles. The lowest BCUT2D eigenvalue weighted by molar-refractivity contribution is 0.0953. The van der Waals surface area contributed by atoms with Crippen molar-refractivity contribution < 1.29 is 9.53 Å². The van der Waals surface area contributed by atoms with Crippen LogP contribution in [0, 0.1) is 0 Å². The monoisotopic (exact) mass is 398 g/mol. The van der Waals surface area contributed by atoms with Crippen LogP contribution in [0.5, 0.6) is 5.75 Å². The van der Waals surface area contributed by atoms with Crippen molar-refractivity contribution in [3.05, 3.63) is 108 Å². The number of aromatic nitrogens is 3. The zero-order valence-corrected chi connectivity index (χ0v) is 16.4. The summed E-state index contributed by atoms with van der Waals surface area (Å²) in [5.74, 6) is 0.512. The first-order chi connectivity index (χ1) is 14.8. The fourth-order valence-electron chi connectivity index (χ4n) is 3.00. The molecule has 0 aliphatic carbocycles. The first-order valence-electron chi connectivity index (χ1n) is 9.78. The molecule has 0 aliphatic heterocycles. The zero-order valence-electron chi connectivity index (χ0n) is 16.4. The molecule has 0 aliphatic rings. The summed E-state index contributed by atoms with van der Waals surface area (Å²) >= 11 is 0. The number of carbonyl (C=O) groups is 1. The molecule has 30 heavy (non-hydrogen) atoms. The van der Waals surface area contributed by atoms with Gasteiger partial charge in [0.1, 0.15) is 12.4 Å². The maximum atomic E-state index is 12.5. The summed E-state index contributed by atoms with van der Waals surface area (Å²) in [5.41, 5.74) is 3.47. The minimum absolute atomic E-state index is 0.135. The molecule has 0 fully saturated rings. The number of hydrogen-bond donors (Lipinski definition) is 1. The number of nitrogens with one attached hydrogen (secondary N) is 1. The third kappa shape index (κ3) is 5.11. The summed E-state index contributed by atoms with van der Waals surface area (Å²) < 4.78 is 7.60. The van der Waals surface area contributed by atoms with Crippen molar-refractivity contribution in [1.29, 1.82) is 0 Å². The molecule has 150 valence electrons. The molecule has 1 N–H and O–H groups in total. The molecule has 2 aromatic carbocycles. The summed E-state index contributed by atoms with van der Waals surface area (Å²) in [6.07, 6.45) is 6.06. The average Bonchev–Trinajstić information content (AvgIpc) is 3.28. The second kappa shape index (κ2) is 9.52. The first-order valence-corrected chi connectivity index (χ1v) is 9.78. The van der Waals surface area contributed by atoms with Crippen molar-refractivity contribution in [3.8, 4) is 11.4 Å². The maximum Gasteiger partial charge on any atom is 0.251 e. The molecule has 4 aromatic rings. The van der Waals surface area contributed by atoms with Crippen molar-refractivity contribution in [1.82, 2.24) is 20.1 Å². The van der Waals surface area contributed by atoms with Gasteiger partial charge in [0.15, 0.2) is 0 Å². The zero-order chi connectivity index (χ0) is 20.6. The summed E-state index contributed by atoms with van der Waals surface area (Å²) in [4.78, 5) is 16.6. The van der Waals surface area contributed by atoms with E-state index in [1.54, 1.807) is 24.5 Å². The van der Waals surface area contributed by atoms with E-state index in [0.717, 1.165) is 16.9 Å². The van der Waals surface area contributed by atoms with Crippen LogP contribution in [0.25, 0.3) is 5.69 Å². The summed E-state index contributed by atoms with van der Waals surface area (Å²) in [5, 5.41) is 7.50. The number of amides is 1. The minimum atomic E-state index is -0.135.